The largest absolute Gasteiger partial charge is 0.453 e. The molecule has 0 bridgehead atoms. The number of nitrogens with two attached hydrogens (primary N) is 4. The van der Waals surface area contributed by atoms with Crippen LogP contribution in [0.2, 0.25) is 0 Å². The Hall–Kier alpha value is -6.32. The van der Waals surface area contributed by atoms with Crippen molar-refractivity contribution >= 4 is 47.2 Å². The number of hydrogen-bond donors (Lipinski definition) is 6. The fraction of sp³-hybridized carbons (Fsp3) is 0.500. The number of alkyl carbamates (subject to hydrolysis) is 2. The number of methoxy groups -OCH3 is 2. The molecule has 5 rings (SSSR count). The van der Waals surface area contributed by atoms with Gasteiger partial charge >= 0.3 is 12.2 Å². The smallest absolute Gasteiger partial charge is 0.407 e. The van der Waals surface area contributed by atoms with Gasteiger partial charge < -0.3 is 52.8 Å². The molecule has 2 saturated heterocycles. The minimum absolute atomic E-state index is 0.102. The molecule has 64 heavy (non-hydrogen) atoms. The SMILES string of the molecule is COC(=O)N[C@H](C(=O)N1CCC[C@@]1(C(N)=O)c1ccc(CC(c2ccc(C(C)(C)C)cc2)c2ccc([C@]3(C(N)=O)CCCN3C(=O)[C@@H](NC(=O)OC)C(C)C)c(N)c2)cc1N)C(C)C. The van der Waals surface area contributed by atoms with Crippen LogP contribution < -0.4 is 33.6 Å². The summed E-state index contributed by atoms with van der Waals surface area (Å²) in [5.74, 6) is -3.38. The first-order valence-electron chi connectivity index (χ1n) is 21.9. The Morgan fingerprint density at radius 1 is 0.656 bits per heavy atom. The Morgan fingerprint density at radius 3 is 1.45 bits per heavy atom. The Labute approximate surface area is 376 Å². The van der Waals surface area contributed by atoms with Crippen molar-refractivity contribution in [3.8, 4) is 0 Å². The normalized spacial score (nSPS) is 20.1. The fourth-order valence-electron chi connectivity index (χ4n) is 9.48. The quantitative estimate of drug-likeness (QED) is 0.120. The van der Waals surface area contributed by atoms with Crippen LogP contribution >= 0.6 is 0 Å². The highest BCUT2D eigenvalue weighted by molar-refractivity contribution is 5.97. The molecule has 2 heterocycles. The number of nitrogen functional groups attached to an aromatic ring is 2. The zero-order valence-electron chi connectivity index (χ0n) is 38.6. The van der Waals surface area contributed by atoms with E-state index in [1.807, 2.05) is 18.2 Å². The molecule has 2 fully saturated rings. The molecule has 0 spiro atoms. The molecule has 5 atom stereocenters. The second-order valence-corrected chi connectivity index (χ2v) is 18.7. The first-order valence-corrected chi connectivity index (χ1v) is 21.9. The summed E-state index contributed by atoms with van der Waals surface area (Å²) in [6.45, 7) is 14.0. The van der Waals surface area contributed by atoms with Crippen molar-refractivity contribution in [2.45, 2.75) is 115 Å². The van der Waals surface area contributed by atoms with Gasteiger partial charge in [0, 0.05) is 41.5 Å². The Balaban J connectivity index is 1.57. The molecular weight excluding hydrogens is 817 g/mol. The van der Waals surface area contributed by atoms with E-state index in [1.165, 1.54) is 24.0 Å². The number of amides is 6. The summed E-state index contributed by atoms with van der Waals surface area (Å²) in [5.41, 5.74) is 28.0. The molecule has 0 aliphatic carbocycles. The third kappa shape index (κ3) is 9.32. The number of hydrogen-bond acceptors (Lipinski definition) is 10. The van der Waals surface area contributed by atoms with Gasteiger partial charge in [-0.3, -0.25) is 19.2 Å². The molecule has 2 aliphatic rings. The van der Waals surface area contributed by atoms with Crippen molar-refractivity contribution < 1.29 is 38.2 Å². The van der Waals surface area contributed by atoms with Crippen molar-refractivity contribution in [1.29, 1.82) is 0 Å². The molecule has 3 aromatic carbocycles. The summed E-state index contributed by atoms with van der Waals surface area (Å²) in [5, 5.41) is 5.23. The maximum absolute atomic E-state index is 14.2. The van der Waals surface area contributed by atoms with Gasteiger partial charge in [-0.05, 0) is 83.7 Å². The van der Waals surface area contributed by atoms with Crippen LogP contribution in [0.1, 0.15) is 113 Å². The van der Waals surface area contributed by atoms with Gasteiger partial charge in [0.2, 0.25) is 23.6 Å². The van der Waals surface area contributed by atoms with Crippen LogP contribution in [0.4, 0.5) is 21.0 Å². The number of nitrogens with one attached hydrogen (secondary N) is 2. The lowest BCUT2D eigenvalue weighted by atomic mass is 9.79. The van der Waals surface area contributed by atoms with Gasteiger partial charge in [0.1, 0.15) is 23.2 Å². The van der Waals surface area contributed by atoms with Gasteiger partial charge in [-0.15, -0.1) is 0 Å². The minimum Gasteiger partial charge on any atom is -0.453 e. The maximum atomic E-state index is 14.2. The van der Waals surface area contributed by atoms with Crippen molar-refractivity contribution in [2.24, 2.45) is 23.3 Å². The zero-order valence-corrected chi connectivity index (χ0v) is 38.6. The van der Waals surface area contributed by atoms with Crippen LogP contribution in [0.5, 0.6) is 0 Å². The van der Waals surface area contributed by atoms with E-state index in [-0.39, 0.29) is 60.5 Å². The molecule has 16 heteroatoms. The van der Waals surface area contributed by atoms with E-state index in [4.69, 9.17) is 32.4 Å². The lowest BCUT2D eigenvalue weighted by Crippen LogP contribution is -2.59. The molecule has 10 N–H and O–H groups in total. The van der Waals surface area contributed by atoms with Crippen LogP contribution in [0.3, 0.4) is 0 Å². The number of primary amides is 2. The van der Waals surface area contributed by atoms with Crippen molar-refractivity contribution in [3.05, 3.63) is 94.0 Å². The summed E-state index contributed by atoms with van der Waals surface area (Å²) in [6.07, 6.45) is 0.310. The number of rotatable bonds is 14. The van der Waals surface area contributed by atoms with Gasteiger partial charge in [-0.1, -0.05) is 97.0 Å². The van der Waals surface area contributed by atoms with Crippen LogP contribution in [0, 0.1) is 11.8 Å². The lowest BCUT2D eigenvalue weighted by Gasteiger charge is -2.39. The van der Waals surface area contributed by atoms with E-state index < -0.39 is 59.0 Å². The van der Waals surface area contributed by atoms with Gasteiger partial charge in [-0.25, -0.2) is 9.59 Å². The second kappa shape index (κ2) is 19.2. The van der Waals surface area contributed by atoms with E-state index in [9.17, 15) is 28.8 Å². The molecule has 3 aromatic rings. The zero-order chi connectivity index (χ0) is 47.5. The van der Waals surface area contributed by atoms with Gasteiger partial charge in [0.25, 0.3) is 0 Å². The molecule has 2 aliphatic heterocycles. The van der Waals surface area contributed by atoms with Gasteiger partial charge in [-0.2, -0.15) is 0 Å². The average Bonchev–Trinajstić information content (AvgIpc) is 3.90. The molecule has 0 radical (unpaired) electrons. The molecule has 346 valence electrons. The average molecular weight is 883 g/mol. The van der Waals surface area contributed by atoms with Crippen LogP contribution in [0.15, 0.2) is 60.7 Å². The second-order valence-electron chi connectivity index (χ2n) is 18.7. The predicted octanol–water partition coefficient (Wildman–Crippen LogP) is 4.89. The van der Waals surface area contributed by atoms with E-state index in [0.717, 1.165) is 22.3 Å². The summed E-state index contributed by atoms with van der Waals surface area (Å²) < 4.78 is 9.57. The first kappa shape index (κ1) is 48.7. The van der Waals surface area contributed by atoms with Crippen molar-refractivity contribution in [2.75, 3.05) is 38.8 Å². The van der Waals surface area contributed by atoms with Crippen molar-refractivity contribution in [1.82, 2.24) is 20.4 Å². The molecule has 0 aromatic heterocycles. The first-order chi connectivity index (χ1) is 30.0. The highest BCUT2D eigenvalue weighted by Gasteiger charge is 2.54. The number of nitrogens with zero attached hydrogens (tertiary/aromatic N) is 2. The standard InChI is InChI=1S/C48H66N8O8/c1-27(2)38(53-44(61)63-8)40(57)55-22-10-20-47(55,42(51)59)34-18-12-29(25-36(34)49)24-33(30-13-16-32(17-14-30)46(5,6)7)31-15-19-35(37(50)26-31)48(43(52)60)21-11-23-56(48)41(58)39(28(3)4)54-45(62)64-9/h12-19,25-28,33,38-39H,10-11,20-24,49-50H2,1-9H3,(H2,51,59)(H2,52,60)(H,53,61)(H,54,62)/t33?,38-,39-,47-,48-/m0/s1. The molecule has 1 unspecified atom stereocenters. The highest BCUT2D eigenvalue weighted by atomic mass is 16.5. The highest BCUT2D eigenvalue weighted by Crippen LogP contribution is 2.45. The van der Waals surface area contributed by atoms with E-state index in [1.54, 1.807) is 45.9 Å². The number of carbonyl (C=O) groups excluding carboxylic acids is 6. The van der Waals surface area contributed by atoms with E-state index in [2.05, 4.69) is 55.7 Å². The van der Waals surface area contributed by atoms with Crippen LogP contribution in [-0.4, -0.2) is 85.0 Å². The van der Waals surface area contributed by atoms with Crippen molar-refractivity contribution in [3.63, 3.8) is 0 Å². The number of anilines is 2. The maximum Gasteiger partial charge on any atom is 0.407 e. The van der Waals surface area contributed by atoms with E-state index in [0.29, 0.717) is 30.4 Å². The monoisotopic (exact) mass is 883 g/mol. The third-order valence-electron chi connectivity index (χ3n) is 13.0. The fourth-order valence-corrected chi connectivity index (χ4v) is 9.48. The predicted molar refractivity (Wildman–Crippen MR) is 244 cm³/mol. The molecule has 0 saturated carbocycles. The molecule has 6 amide bonds. The molecule has 16 nitrogen and oxygen atoms in total. The Bertz CT molecular complexity index is 2260. The van der Waals surface area contributed by atoms with Crippen LogP contribution in [-0.2, 0) is 51.6 Å². The van der Waals surface area contributed by atoms with Gasteiger partial charge in [0.05, 0.1) is 14.2 Å². The third-order valence-corrected chi connectivity index (χ3v) is 13.0. The van der Waals surface area contributed by atoms with Gasteiger partial charge in [0.15, 0.2) is 0 Å². The Morgan fingerprint density at radius 2 is 1.08 bits per heavy atom. The number of carbonyl (C=O) groups is 6. The Kier molecular flexibility index (Phi) is 14.6. The summed E-state index contributed by atoms with van der Waals surface area (Å²) in [6, 6.07) is 17.2. The number of ether oxygens (including phenoxy) is 2. The summed E-state index contributed by atoms with van der Waals surface area (Å²) in [7, 11) is 2.42. The van der Waals surface area contributed by atoms with Crippen LogP contribution in [0.25, 0.3) is 0 Å². The lowest BCUT2D eigenvalue weighted by molar-refractivity contribution is -0.146. The van der Waals surface area contributed by atoms with E-state index >= 15 is 0 Å². The molecular formula is C48H66N8O8. The number of likely N-dealkylation sites (tertiary alicyclic amines) is 2. The minimum atomic E-state index is -1.57. The summed E-state index contributed by atoms with van der Waals surface area (Å²) in [4.78, 5) is 82.9. The number of benzene rings is 3. The summed E-state index contributed by atoms with van der Waals surface area (Å²) >= 11 is 0. The topological polar surface area (TPSA) is 256 Å².